The molecule has 0 spiro atoms. The van der Waals surface area contributed by atoms with Crippen molar-refractivity contribution in [1.29, 1.82) is 5.26 Å². The minimum Gasteiger partial charge on any atom is -0.493 e. The largest absolute Gasteiger partial charge is 0.493 e. The molecule has 0 aliphatic heterocycles. The molecule has 0 unspecified atom stereocenters. The van der Waals surface area contributed by atoms with Crippen LogP contribution in [-0.4, -0.2) is 19.0 Å². The minimum atomic E-state index is -1.04. The molecule has 2 rings (SSSR count). The number of nitriles is 1. The summed E-state index contributed by atoms with van der Waals surface area (Å²) in [4.78, 5) is 22.6. The molecule has 28 heavy (non-hydrogen) atoms. The van der Waals surface area contributed by atoms with Crippen LogP contribution in [0.4, 0.5) is 4.79 Å². The molecule has 0 saturated carbocycles. The van der Waals surface area contributed by atoms with E-state index in [0.717, 1.165) is 9.13 Å². The van der Waals surface area contributed by atoms with E-state index in [-0.39, 0.29) is 5.57 Å². The van der Waals surface area contributed by atoms with Crippen LogP contribution >= 0.6 is 38.5 Å². The second kappa shape index (κ2) is 10.1. The van der Waals surface area contributed by atoms with Crippen LogP contribution in [0.15, 0.2) is 46.4 Å². The van der Waals surface area contributed by atoms with Gasteiger partial charge in [-0.3, -0.25) is 10.1 Å². The van der Waals surface area contributed by atoms with Gasteiger partial charge in [-0.15, -0.1) is 0 Å². The molecule has 0 aliphatic rings. The second-order valence-electron chi connectivity index (χ2n) is 5.44. The van der Waals surface area contributed by atoms with Gasteiger partial charge in [0.2, 0.25) is 0 Å². The molecule has 3 amide bonds. The summed E-state index contributed by atoms with van der Waals surface area (Å²) >= 11 is 5.65. The number of benzene rings is 2. The fraction of sp³-hybridized carbons (Fsp3) is 0.105. The van der Waals surface area contributed by atoms with Crippen LogP contribution in [-0.2, 0) is 11.4 Å². The normalized spacial score (nSPS) is 10.7. The molecular weight excluding hydrogens is 541 g/mol. The van der Waals surface area contributed by atoms with E-state index in [2.05, 4.69) is 38.5 Å². The van der Waals surface area contributed by atoms with Crippen molar-refractivity contribution in [3.8, 4) is 17.6 Å². The summed E-state index contributed by atoms with van der Waals surface area (Å²) in [5.41, 5.74) is 6.12. The molecule has 0 bridgehead atoms. The summed E-state index contributed by atoms with van der Waals surface area (Å²) in [5.74, 6) is 0.0150. The van der Waals surface area contributed by atoms with Gasteiger partial charge in [0.1, 0.15) is 18.2 Å². The molecule has 0 aromatic heterocycles. The number of ether oxygens (including phenoxy) is 2. The van der Waals surface area contributed by atoms with E-state index < -0.39 is 11.9 Å². The fourth-order valence-electron chi connectivity index (χ4n) is 2.19. The molecule has 3 N–H and O–H groups in total. The zero-order chi connectivity index (χ0) is 20.7. The van der Waals surface area contributed by atoms with Gasteiger partial charge in [0.15, 0.2) is 11.5 Å². The zero-order valence-electron chi connectivity index (χ0n) is 14.7. The lowest BCUT2D eigenvalue weighted by Gasteiger charge is -2.14. The molecule has 0 saturated heterocycles. The Balaban J connectivity index is 2.28. The molecule has 2 aromatic rings. The van der Waals surface area contributed by atoms with Gasteiger partial charge in [0.25, 0.3) is 5.91 Å². The number of rotatable bonds is 6. The second-order valence-corrected chi connectivity index (χ2v) is 7.54. The van der Waals surface area contributed by atoms with Crippen molar-refractivity contribution >= 4 is 56.5 Å². The summed E-state index contributed by atoms with van der Waals surface area (Å²) in [7, 11) is 1.48. The molecular formula is C19H15BrIN3O4. The number of primary amides is 1. The average molecular weight is 556 g/mol. The number of nitrogens with one attached hydrogen (secondary N) is 1. The predicted molar refractivity (Wildman–Crippen MR) is 116 cm³/mol. The maximum absolute atomic E-state index is 11.8. The molecule has 0 fully saturated rings. The monoisotopic (exact) mass is 555 g/mol. The predicted octanol–water partition coefficient (Wildman–Crippen LogP) is 3.74. The van der Waals surface area contributed by atoms with Crippen molar-refractivity contribution in [2.45, 2.75) is 6.61 Å². The molecule has 0 radical (unpaired) electrons. The Morgan fingerprint density at radius 3 is 2.57 bits per heavy atom. The summed E-state index contributed by atoms with van der Waals surface area (Å²) in [5, 5.41) is 11.0. The van der Waals surface area contributed by atoms with E-state index in [0.29, 0.717) is 28.1 Å². The van der Waals surface area contributed by atoms with Crippen LogP contribution in [0.25, 0.3) is 6.08 Å². The van der Waals surface area contributed by atoms with Gasteiger partial charge >= 0.3 is 6.03 Å². The summed E-state index contributed by atoms with van der Waals surface area (Å²) in [6.45, 7) is 0.339. The Kier molecular flexibility index (Phi) is 7.83. The van der Waals surface area contributed by atoms with Gasteiger partial charge in [-0.05, 0) is 80.0 Å². The maximum Gasteiger partial charge on any atom is 0.319 e. The number of methoxy groups -OCH3 is 1. The van der Waals surface area contributed by atoms with E-state index in [4.69, 9.17) is 20.5 Å². The Bertz CT molecular complexity index is 968. The van der Waals surface area contributed by atoms with Gasteiger partial charge in [-0.25, -0.2) is 4.79 Å². The number of urea groups is 1. The van der Waals surface area contributed by atoms with E-state index in [1.165, 1.54) is 13.2 Å². The lowest BCUT2D eigenvalue weighted by Crippen LogP contribution is -2.35. The molecule has 7 nitrogen and oxygen atoms in total. The first-order valence-corrected chi connectivity index (χ1v) is 9.68. The Morgan fingerprint density at radius 2 is 2.00 bits per heavy atom. The fourth-order valence-corrected chi connectivity index (χ4v) is 3.13. The highest BCUT2D eigenvalue weighted by atomic mass is 127. The van der Waals surface area contributed by atoms with Crippen LogP contribution in [0.2, 0.25) is 0 Å². The quantitative estimate of drug-likeness (QED) is 0.320. The number of carbonyl (C=O) groups is 2. The number of carbonyl (C=O) groups excluding carboxylic acids is 2. The summed E-state index contributed by atoms with van der Waals surface area (Å²) < 4.78 is 13.0. The van der Waals surface area contributed by atoms with Gasteiger partial charge in [0, 0.05) is 3.57 Å². The number of nitrogens with zero attached hydrogens (tertiary/aromatic N) is 1. The minimum absolute atomic E-state index is 0.277. The lowest BCUT2D eigenvalue weighted by molar-refractivity contribution is -0.115. The third-order valence-electron chi connectivity index (χ3n) is 3.46. The van der Waals surface area contributed by atoms with Gasteiger partial charge in [0.05, 0.1) is 11.6 Å². The van der Waals surface area contributed by atoms with Crippen molar-refractivity contribution in [2.24, 2.45) is 5.73 Å². The number of amides is 3. The molecule has 2 aromatic carbocycles. The number of nitrogens with two attached hydrogens (primary N) is 1. The highest BCUT2D eigenvalue weighted by Crippen LogP contribution is 2.37. The summed E-state index contributed by atoms with van der Waals surface area (Å²) in [6.07, 6.45) is 1.31. The van der Waals surface area contributed by atoms with Crippen molar-refractivity contribution in [1.82, 2.24) is 5.32 Å². The maximum atomic E-state index is 11.8. The first kappa shape index (κ1) is 21.7. The Morgan fingerprint density at radius 1 is 1.32 bits per heavy atom. The van der Waals surface area contributed by atoms with Crippen LogP contribution in [0.5, 0.6) is 11.5 Å². The van der Waals surface area contributed by atoms with Gasteiger partial charge in [-0.1, -0.05) is 12.1 Å². The third-order valence-corrected chi connectivity index (χ3v) is 4.77. The van der Waals surface area contributed by atoms with E-state index in [1.54, 1.807) is 18.2 Å². The first-order chi connectivity index (χ1) is 13.3. The topological polar surface area (TPSA) is 114 Å². The lowest BCUT2D eigenvalue weighted by atomic mass is 10.1. The highest BCUT2D eigenvalue weighted by Gasteiger charge is 2.15. The number of halogens is 2. The Labute approximate surface area is 183 Å². The van der Waals surface area contributed by atoms with Crippen LogP contribution in [0.3, 0.4) is 0 Å². The zero-order valence-corrected chi connectivity index (χ0v) is 18.4. The molecule has 9 heteroatoms. The van der Waals surface area contributed by atoms with Crippen molar-refractivity contribution in [3.05, 3.63) is 61.1 Å². The van der Waals surface area contributed by atoms with Crippen molar-refractivity contribution in [2.75, 3.05) is 7.11 Å². The smallest absolute Gasteiger partial charge is 0.319 e. The van der Waals surface area contributed by atoms with Crippen LogP contribution < -0.4 is 20.5 Å². The molecule has 144 valence electrons. The van der Waals surface area contributed by atoms with Gasteiger partial charge in [-0.2, -0.15) is 5.26 Å². The van der Waals surface area contributed by atoms with E-state index >= 15 is 0 Å². The number of hydrogen-bond acceptors (Lipinski definition) is 5. The van der Waals surface area contributed by atoms with E-state index in [1.807, 2.05) is 29.6 Å². The SMILES string of the molecule is COc1cc(/C=C(/C#N)C(=O)NC(N)=O)cc(Br)c1OCc1ccc(I)cc1. The Hall–Kier alpha value is -2.58. The number of hydrogen-bond donors (Lipinski definition) is 2. The third kappa shape index (κ3) is 5.97. The van der Waals surface area contributed by atoms with Crippen LogP contribution in [0, 0.1) is 14.9 Å². The van der Waals surface area contributed by atoms with Gasteiger partial charge < -0.3 is 15.2 Å². The first-order valence-electron chi connectivity index (χ1n) is 7.81. The van der Waals surface area contributed by atoms with Crippen molar-refractivity contribution < 1.29 is 19.1 Å². The van der Waals surface area contributed by atoms with Crippen LogP contribution in [0.1, 0.15) is 11.1 Å². The highest BCUT2D eigenvalue weighted by molar-refractivity contribution is 14.1. The standard InChI is InChI=1S/C19H15BrIN3O4/c1-27-16-8-12(6-13(9-22)18(25)24-19(23)26)7-15(20)17(16)28-10-11-2-4-14(21)5-3-11/h2-8H,10H2,1H3,(H3,23,24,25,26)/b13-6-. The summed E-state index contributed by atoms with van der Waals surface area (Å²) in [6, 6.07) is 11.9. The molecule has 0 aliphatic carbocycles. The van der Waals surface area contributed by atoms with Crippen molar-refractivity contribution in [3.63, 3.8) is 0 Å². The molecule has 0 heterocycles. The average Bonchev–Trinajstić information content (AvgIpc) is 2.65. The van der Waals surface area contributed by atoms with E-state index in [9.17, 15) is 9.59 Å². The number of imide groups is 1. The molecule has 0 atom stereocenters.